The molecule has 0 atom stereocenters. The standard InChI is InChI=1S/C16H23N3O2/c1-3-6-12-7-4-5-8-13(12)18-15(20)16(14(17)19-21)9-11(2)10-16/h4-5,7-8,11,21H,3,6,9-10H2,1-2H3,(H2,17,19)(H,18,20). The van der Waals surface area contributed by atoms with Gasteiger partial charge in [-0.1, -0.05) is 43.6 Å². The van der Waals surface area contributed by atoms with E-state index >= 15 is 0 Å². The molecule has 0 aliphatic heterocycles. The molecule has 1 aliphatic carbocycles. The number of anilines is 1. The molecule has 0 radical (unpaired) electrons. The fourth-order valence-electron chi connectivity index (χ4n) is 3.11. The van der Waals surface area contributed by atoms with Gasteiger partial charge in [0.2, 0.25) is 5.91 Å². The summed E-state index contributed by atoms with van der Waals surface area (Å²) in [6, 6.07) is 7.77. The summed E-state index contributed by atoms with van der Waals surface area (Å²) >= 11 is 0. The van der Waals surface area contributed by atoms with E-state index in [1.54, 1.807) is 0 Å². The van der Waals surface area contributed by atoms with Crippen molar-refractivity contribution < 1.29 is 10.0 Å². The van der Waals surface area contributed by atoms with E-state index in [0.717, 1.165) is 24.1 Å². The second-order valence-corrected chi connectivity index (χ2v) is 5.94. The Kier molecular flexibility index (Phi) is 4.50. The van der Waals surface area contributed by atoms with Crippen LogP contribution in [0, 0.1) is 11.3 Å². The number of hydrogen-bond acceptors (Lipinski definition) is 3. The van der Waals surface area contributed by atoms with Crippen molar-refractivity contribution in [3.63, 3.8) is 0 Å². The summed E-state index contributed by atoms with van der Waals surface area (Å²) in [5, 5.41) is 15.0. The van der Waals surface area contributed by atoms with Crippen LogP contribution in [0.15, 0.2) is 29.4 Å². The minimum atomic E-state index is -0.868. The lowest BCUT2D eigenvalue weighted by atomic mass is 9.61. The van der Waals surface area contributed by atoms with Gasteiger partial charge in [-0.25, -0.2) is 0 Å². The van der Waals surface area contributed by atoms with Gasteiger partial charge in [0, 0.05) is 5.69 Å². The molecule has 0 unspecified atom stereocenters. The van der Waals surface area contributed by atoms with Gasteiger partial charge in [-0.05, 0) is 36.8 Å². The highest BCUT2D eigenvalue weighted by Crippen LogP contribution is 2.46. The van der Waals surface area contributed by atoms with Crippen molar-refractivity contribution in [1.82, 2.24) is 0 Å². The van der Waals surface area contributed by atoms with E-state index in [4.69, 9.17) is 10.9 Å². The normalized spacial score (nSPS) is 25.2. The van der Waals surface area contributed by atoms with Gasteiger partial charge in [-0.2, -0.15) is 0 Å². The van der Waals surface area contributed by atoms with Crippen molar-refractivity contribution in [3.8, 4) is 0 Å². The number of nitrogens with one attached hydrogen (secondary N) is 1. The number of oxime groups is 1. The van der Waals surface area contributed by atoms with Crippen LogP contribution in [0.1, 0.15) is 38.7 Å². The Labute approximate surface area is 125 Å². The molecule has 1 fully saturated rings. The third-order valence-corrected chi connectivity index (χ3v) is 4.21. The molecule has 0 heterocycles. The Hall–Kier alpha value is -2.04. The molecular formula is C16H23N3O2. The Bertz CT molecular complexity index is 548. The minimum absolute atomic E-state index is 0.00562. The number of carbonyl (C=O) groups is 1. The average Bonchev–Trinajstić information content (AvgIpc) is 2.45. The zero-order valence-corrected chi connectivity index (χ0v) is 12.6. The zero-order valence-electron chi connectivity index (χ0n) is 12.6. The Morgan fingerprint density at radius 1 is 1.48 bits per heavy atom. The van der Waals surface area contributed by atoms with E-state index < -0.39 is 5.41 Å². The fourth-order valence-corrected chi connectivity index (χ4v) is 3.11. The van der Waals surface area contributed by atoms with Gasteiger partial charge in [-0.15, -0.1) is 0 Å². The van der Waals surface area contributed by atoms with E-state index in [-0.39, 0.29) is 11.7 Å². The molecule has 1 aliphatic rings. The number of benzene rings is 1. The van der Waals surface area contributed by atoms with Gasteiger partial charge >= 0.3 is 0 Å². The smallest absolute Gasteiger partial charge is 0.238 e. The van der Waals surface area contributed by atoms with Crippen LogP contribution in [0.5, 0.6) is 0 Å². The minimum Gasteiger partial charge on any atom is -0.409 e. The zero-order chi connectivity index (χ0) is 15.5. The summed E-state index contributed by atoms with van der Waals surface area (Å²) in [6.45, 7) is 4.16. The lowest BCUT2D eigenvalue weighted by Gasteiger charge is -2.43. The summed E-state index contributed by atoms with van der Waals surface area (Å²) in [6.07, 6.45) is 3.15. The van der Waals surface area contributed by atoms with Crippen molar-refractivity contribution in [1.29, 1.82) is 0 Å². The molecule has 0 aromatic heterocycles. The summed E-state index contributed by atoms with van der Waals surface area (Å²) in [5.41, 5.74) is 6.82. The second kappa shape index (κ2) is 6.16. The molecule has 114 valence electrons. The highest BCUT2D eigenvalue weighted by atomic mass is 16.4. The van der Waals surface area contributed by atoms with Crippen molar-refractivity contribution in [2.45, 2.75) is 39.5 Å². The van der Waals surface area contributed by atoms with E-state index in [2.05, 4.69) is 24.3 Å². The Morgan fingerprint density at radius 2 is 2.14 bits per heavy atom. The van der Waals surface area contributed by atoms with Crippen molar-refractivity contribution in [2.24, 2.45) is 22.2 Å². The van der Waals surface area contributed by atoms with Crippen LogP contribution >= 0.6 is 0 Å². The topological polar surface area (TPSA) is 87.7 Å². The van der Waals surface area contributed by atoms with Crippen molar-refractivity contribution in [3.05, 3.63) is 29.8 Å². The highest BCUT2D eigenvalue weighted by Gasteiger charge is 2.52. The van der Waals surface area contributed by atoms with Gasteiger partial charge in [-0.3, -0.25) is 4.79 Å². The van der Waals surface area contributed by atoms with Gasteiger partial charge in [0.1, 0.15) is 5.41 Å². The van der Waals surface area contributed by atoms with Gasteiger partial charge < -0.3 is 16.3 Å². The third-order valence-electron chi connectivity index (χ3n) is 4.21. The number of nitrogens with two attached hydrogens (primary N) is 1. The maximum atomic E-state index is 12.6. The van der Waals surface area contributed by atoms with Crippen LogP contribution in [-0.4, -0.2) is 17.0 Å². The predicted molar refractivity (Wildman–Crippen MR) is 83.3 cm³/mol. The van der Waals surface area contributed by atoms with E-state index in [0.29, 0.717) is 18.8 Å². The molecule has 1 saturated carbocycles. The summed E-state index contributed by atoms with van der Waals surface area (Å²) < 4.78 is 0. The molecule has 0 bridgehead atoms. The summed E-state index contributed by atoms with van der Waals surface area (Å²) in [7, 11) is 0. The van der Waals surface area contributed by atoms with E-state index in [1.807, 2.05) is 24.3 Å². The number of aryl methyl sites for hydroxylation is 1. The predicted octanol–water partition coefficient (Wildman–Crippen LogP) is 2.74. The van der Waals surface area contributed by atoms with Crippen LogP contribution in [0.4, 0.5) is 5.69 Å². The molecule has 21 heavy (non-hydrogen) atoms. The maximum absolute atomic E-state index is 12.6. The highest BCUT2D eigenvalue weighted by molar-refractivity contribution is 6.12. The molecule has 5 heteroatoms. The number of amidine groups is 1. The SMILES string of the molecule is CCCc1ccccc1NC(=O)C1(/C(N)=N/O)CC(C)C1. The van der Waals surface area contributed by atoms with E-state index in [9.17, 15) is 4.79 Å². The quantitative estimate of drug-likeness (QED) is 0.337. The summed E-state index contributed by atoms with van der Waals surface area (Å²) in [5.74, 6) is 0.229. The van der Waals surface area contributed by atoms with Crippen LogP contribution in [0.3, 0.4) is 0 Å². The molecule has 0 spiro atoms. The second-order valence-electron chi connectivity index (χ2n) is 5.94. The Balaban J connectivity index is 2.21. The fraction of sp³-hybridized carbons (Fsp3) is 0.500. The number of carbonyl (C=O) groups excluding carboxylic acids is 1. The van der Waals surface area contributed by atoms with Crippen LogP contribution in [0.25, 0.3) is 0 Å². The Morgan fingerprint density at radius 3 is 2.71 bits per heavy atom. The molecule has 4 N–H and O–H groups in total. The lowest BCUT2D eigenvalue weighted by Crippen LogP contribution is -2.54. The molecular weight excluding hydrogens is 266 g/mol. The van der Waals surface area contributed by atoms with Crippen LogP contribution in [-0.2, 0) is 11.2 Å². The molecule has 1 amide bonds. The number of nitrogens with zero attached hydrogens (tertiary/aromatic N) is 1. The lowest BCUT2D eigenvalue weighted by molar-refractivity contribution is -0.127. The molecule has 1 aromatic rings. The van der Waals surface area contributed by atoms with Crippen LogP contribution < -0.4 is 11.1 Å². The number of hydrogen-bond donors (Lipinski definition) is 3. The van der Waals surface area contributed by atoms with Crippen molar-refractivity contribution in [2.75, 3.05) is 5.32 Å². The number of amides is 1. The number of rotatable bonds is 5. The first kappa shape index (κ1) is 15.4. The van der Waals surface area contributed by atoms with Crippen LogP contribution in [0.2, 0.25) is 0 Å². The average molecular weight is 289 g/mol. The van der Waals surface area contributed by atoms with Gasteiger partial charge in [0.15, 0.2) is 5.84 Å². The van der Waals surface area contributed by atoms with Crippen molar-refractivity contribution >= 4 is 17.4 Å². The first-order valence-electron chi connectivity index (χ1n) is 7.41. The summed E-state index contributed by atoms with van der Waals surface area (Å²) in [4.78, 5) is 12.6. The maximum Gasteiger partial charge on any atom is 0.238 e. The molecule has 2 rings (SSSR count). The monoisotopic (exact) mass is 289 g/mol. The molecule has 0 saturated heterocycles. The first-order chi connectivity index (χ1) is 10.0. The molecule has 1 aromatic carbocycles. The van der Waals surface area contributed by atoms with E-state index in [1.165, 1.54) is 0 Å². The molecule has 5 nitrogen and oxygen atoms in total. The van der Waals surface area contributed by atoms with Gasteiger partial charge in [0.25, 0.3) is 0 Å². The largest absolute Gasteiger partial charge is 0.409 e. The third kappa shape index (κ3) is 2.86. The van der Waals surface area contributed by atoms with Gasteiger partial charge in [0.05, 0.1) is 0 Å². The number of para-hydroxylation sites is 1. The first-order valence-corrected chi connectivity index (χ1v) is 7.41.